The number of amides is 1. The molecule has 1 unspecified atom stereocenters. The largest absolute Gasteiger partial charge is 0.494 e. The van der Waals surface area contributed by atoms with Gasteiger partial charge in [-0.15, -0.1) is 0 Å². The van der Waals surface area contributed by atoms with Crippen molar-refractivity contribution in [2.24, 2.45) is 0 Å². The van der Waals surface area contributed by atoms with Gasteiger partial charge < -0.3 is 14.9 Å². The first kappa shape index (κ1) is 18.9. The number of rotatable bonds is 7. The molecular weight excluding hydrogens is 366 g/mol. The molecule has 1 aliphatic rings. The van der Waals surface area contributed by atoms with Crippen LogP contribution in [0.4, 0.5) is 0 Å². The van der Waals surface area contributed by atoms with Crippen LogP contribution in [0, 0.1) is 0 Å². The van der Waals surface area contributed by atoms with E-state index in [1.807, 2.05) is 6.92 Å². The summed E-state index contributed by atoms with van der Waals surface area (Å²) in [6.07, 6.45) is 0.854. The van der Waals surface area contributed by atoms with Gasteiger partial charge in [0.15, 0.2) is 0 Å². The van der Waals surface area contributed by atoms with Gasteiger partial charge in [0.05, 0.1) is 17.9 Å². The molecule has 0 radical (unpaired) electrons. The number of carboxylic acid groups (broad SMARTS) is 2. The van der Waals surface area contributed by atoms with Crippen molar-refractivity contribution < 1.29 is 29.3 Å². The number of aliphatic carboxylic acids is 2. The smallest absolute Gasteiger partial charge is 0.327 e. The lowest BCUT2D eigenvalue weighted by Gasteiger charge is -2.21. The number of benzene rings is 1. The van der Waals surface area contributed by atoms with Crippen molar-refractivity contribution in [2.45, 2.75) is 19.4 Å². The molecule has 7 nitrogen and oxygen atoms in total. The molecule has 1 atom stereocenters. The third-order valence-corrected chi connectivity index (χ3v) is 4.61. The highest BCUT2D eigenvalue weighted by atomic mass is 32.2. The molecule has 1 fully saturated rings. The van der Waals surface area contributed by atoms with Crippen molar-refractivity contribution in [1.82, 2.24) is 4.90 Å². The van der Waals surface area contributed by atoms with Gasteiger partial charge >= 0.3 is 11.9 Å². The predicted octanol–water partition coefficient (Wildman–Crippen LogP) is 2.21. The molecule has 25 heavy (non-hydrogen) atoms. The fourth-order valence-corrected chi connectivity index (χ4v) is 3.54. The van der Waals surface area contributed by atoms with Gasteiger partial charge in [-0.05, 0) is 30.7 Å². The third-order valence-electron chi connectivity index (χ3n) is 3.28. The van der Waals surface area contributed by atoms with Crippen LogP contribution in [-0.2, 0) is 14.4 Å². The second kappa shape index (κ2) is 8.13. The zero-order valence-corrected chi connectivity index (χ0v) is 14.8. The quantitative estimate of drug-likeness (QED) is 0.547. The lowest BCUT2D eigenvalue weighted by atomic mass is 10.1. The number of thiocarbonyl (C=S) groups is 1. The van der Waals surface area contributed by atoms with E-state index in [1.165, 1.54) is 0 Å². The van der Waals surface area contributed by atoms with Gasteiger partial charge in [0.2, 0.25) is 0 Å². The lowest BCUT2D eigenvalue weighted by molar-refractivity contribution is -0.150. The Morgan fingerprint density at radius 1 is 1.32 bits per heavy atom. The van der Waals surface area contributed by atoms with E-state index in [0.29, 0.717) is 17.9 Å². The molecule has 1 aliphatic heterocycles. The van der Waals surface area contributed by atoms with E-state index < -0.39 is 30.3 Å². The second-order valence-corrected chi connectivity index (χ2v) is 6.68. The summed E-state index contributed by atoms with van der Waals surface area (Å²) in [4.78, 5) is 35.8. The summed E-state index contributed by atoms with van der Waals surface area (Å²) in [5, 5.41) is 18.1. The van der Waals surface area contributed by atoms with Crippen LogP contribution in [0.25, 0.3) is 6.08 Å². The summed E-state index contributed by atoms with van der Waals surface area (Å²) < 4.78 is 5.36. The van der Waals surface area contributed by atoms with Gasteiger partial charge in [0, 0.05) is 0 Å². The molecule has 1 aromatic carbocycles. The summed E-state index contributed by atoms with van der Waals surface area (Å²) in [6.45, 7) is 2.41. The second-order valence-electron chi connectivity index (χ2n) is 5.01. The molecule has 1 saturated heterocycles. The summed E-state index contributed by atoms with van der Waals surface area (Å²) in [5.41, 5.74) is 0.717. The summed E-state index contributed by atoms with van der Waals surface area (Å²) in [5.74, 6) is -2.66. The van der Waals surface area contributed by atoms with Gasteiger partial charge in [-0.1, -0.05) is 36.1 Å². The maximum absolute atomic E-state index is 12.5. The first-order valence-electron chi connectivity index (χ1n) is 7.28. The van der Waals surface area contributed by atoms with Crippen molar-refractivity contribution in [3.8, 4) is 5.75 Å². The average Bonchev–Trinajstić information content (AvgIpc) is 2.81. The topological polar surface area (TPSA) is 104 Å². The van der Waals surface area contributed by atoms with E-state index in [2.05, 4.69) is 0 Å². The zero-order valence-electron chi connectivity index (χ0n) is 13.2. The summed E-state index contributed by atoms with van der Waals surface area (Å²) in [7, 11) is 0. The number of carbonyl (C=O) groups excluding carboxylic acids is 1. The van der Waals surface area contributed by atoms with Gasteiger partial charge in [-0.3, -0.25) is 14.5 Å². The van der Waals surface area contributed by atoms with Gasteiger partial charge in [-0.2, -0.15) is 0 Å². The van der Waals surface area contributed by atoms with E-state index in [9.17, 15) is 19.5 Å². The number of ether oxygens (including phenoxy) is 1. The summed E-state index contributed by atoms with van der Waals surface area (Å²) >= 11 is 6.01. The fourth-order valence-electron chi connectivity index (χ4n) is 2.18. The number of carboxylic acids is 2. The average molecular weight is 381 g/mol. The van der Waals surface area contributed by atoms with Gasteiger partial charge in [-0.25, -0.2) is 4.79 Å². The Bertz CT molecular complexity index is 743. The fraction of sp³-hybridized carbons (Fsp3) is 0.250. The van der Waals surface area contributed by atoms with Crippen LogP contribution in [0.15, 0.2) is 29.2 Å². The van der Waals surface area contributed by atoms with Crippen molar-refractivity contribution >= 4 is 52.2 Å². The SMILES string of the molecule is CCOc1ccc(/C=C2\SC(=S)N(C(CC(=O)O)C(=O)O)C2=O)cc1. The molecule has 0 spiro atoms. The molecule has 132 valence electrons. The Morgan fingerprint density at radius 2 is 1.96 bits per heavy atom. The first-order chi connectivity index (χ1) is 11.8. The molecule has 2 N–H and O–H groups in total. The molecular formula is C16H15NO6S2. The lowest BCUT2D eigenvalue weighted by Crippen LogP contribution is -2.45. The van der Waals surface area contributed by atoms with Crippen molar-refractivity contribution in [3.63, 3.8) is 0 Å². The highest BCUT2D eigenvalue weighted by Crippen LogP contribution is 2.34. The Morgan fingerprint density at radius 3 is 2.48 bits per heavy atom. The van der Waals surface area contributed by atoms with E-state index in [1.54, 1.807) is 30.3 Å². The molecule has 1 amide bonds. The highest BCUT2D eigenvalue weighted by molar-refractivity contribution is 8.26. The van der Waals surface area contributed by atoms with Crippen LogP contribution < -0.4 is 4.74 Å². The monoisotopic (exact) mass is 381 g/mol. The molecule has 9 heteroatoms. The number of nitrogens with zero attached hydrogens (tertiary/aromatic N) is 1. The Balaban J connectivity index is 2.24. The standard InChI is InChI=1S/C16H15NO6S2/c1-2-23-10-5-3-9(4-6-10)7-12-14(20)17(16(24)25-12)11(15(21)22)8-13(18)19/h3-7,11H,2,8H2,1H3,(H,18,19)(H,21,22)/b12-7-. The van der Waals surface area contributed by atoms with E-state index in [-0.39, 0.29) is 9.23 Å². The molecule has 0 bridgehead atoms. The first-order valence-corrected chi connectivity index (χ1v) is 8.50. The normalized spacial score (nSPS) is 17.0. The highest BCUT2D eigenvalue weighted by Gasteiger charge is 2.41. The van der Waals surface area contributed by atoms with E-state index >= 15 is 0 Å². The minimum atomic E-state index is -1.53. The Labute approximate surface area is 153 Å². The predicted molar refractivity (Wildman–Crippen MR) is 96.3 cm³/mol. The zero-order chi connectivity index (χ0) is 18.6. The van der Waals surface area contributed by atoms with Crippen LogP contribution in [0.5, 0.6) is 5.75 Å². The molecule has 1 heterocycles. The third kappa shape index (κ3) is 4.58. The minimum absolute atomic E-state index is 0.0239. The molecule has 0 saturated carbocycles. The Kier molecular flexibility index (Phi) is 6.16. The maximum atomic E-state index is 12.5. The van der Waals surface area contributed by atoms with Gasteiger partial charge in [0.1, 0.15) is 16.1 Å². The van der Waals surface area contributed by atoms with E-state index in [0.717, 1.165) is 16.7 Å². The number of thioether (sulfide) groups is 1. The molecule has 0 aliphatic carbocycles. The number of carbonyl (C=O) groups is 3. The van der Waals surface area contributed by atoms with Crippen molar-refractivity contribution in [1.29, 1.82) is 0 Å². The molecule has 1 aromatic rings. The summed E-state index contributed by atoms with van der Waals surface area (Å²) in [6, 6.07) is 5.48. The Hall–Kier alpha value is -2.39. The van der Waals surface area contributed by atoms with E-state index in [4.69, 9.17) is 22.1 Å². The van der Waals surface area contributed by atoms with Crippen molar-refractivity contribution in [3.05, 3.63) is 34.7 Å². The van der Waals surface area contributed by atoms with Crippen LogP contribution in [0.2, 0.25) is 0 Å². The van der Waals surface area contributed by atoms with Gasteiger partial charge in [0.25, 0.3) is 5.91 Å². The number of hydrogen-bond acceptors (Lipinski definition) is 6. The molecule has 2 rings (SSSR count). The minimum Gasteiger partial charge on any atom is -0.494 e. The van der Waals surface area contributed by atoms with Crippen LogP contribution in [-0.4, -0.2) is 49.9 Å². The molecule has 0 aromatic heterocycles. The van der Waals surface area contributed by atoms with Crippen LogP contribution >= 0.6 is 24.0 Å². The van der Waals surface area contributed by atoms with Crippen LogP contribution in [0.1, 0.15) is 18.9 Å². The van der Waals surface area contributed by atoms with Crippen LogP contribution in [0.3, 0.4) is 0 Å². The van der Waals surface area contributed by atoms with Crippen molar-refractivity contribution in [2.75, 3.05) is 6.61 Å². The maximum Gasteiger partial charge on any atom is 0.327 e. The number of hydrogen-bond donors (Lipinski definition) is 2.